The van der Waals surface area contributed by atoms with Gasteiger partial charge in [0.1, 0.15) is 37.8 Å². The van der Waals surface area contributed by atoms with Gasteiger partial charge in [0.05, 0.1) is 8.53 Å². The van der Waals surface area contributed by atoms with E-state index in [9.17, 15) is 39.7 Å². The van der Waals surface area contributed by atoms with E-state index in [-0.39, 0.29) is 0 Å². The molecule has 0 spiro atoms. The SMILES string of the molecule is O=S(O)(O)([Si](CF)(CF)CF)[Si](CF)(CF)CF. The molecule has 0 aliphatic rings. The number of hydrogen-bond acceptors (Lipinski definition) is 1. The van der Waals surface area contributed by atoms with Crippen LogP contribution in [0.15, 0.2) is 0 Å². The maximum atomic E-state index is 12.7. The summed E-state index contributed by atoms with van der Waals surface area (Å²) in [6.07, 6.45) is -12.3. The first-order valence-electron chi connectivity index (χ1n) is 4.66. The molecule has 0 saturated carbocycles. The molecule has 0 fully saturated rings. The minimum absolute atomic E-state index is 2.05. The smallest absolute Gasteiger partial charge is 0.279 e. The van der Waals surface area contributed by atoms with Crippen LogP contribution < -0.4 is 0 Å². The van der Waals surface area contributed by atoms with Gasteiger partial charge in [0.15, 0.2) is 0 Å². The van der Waals surface area contributed by atoms with E-state index in [1.54, 1.807) is 0 Å². The molecule has 0 radical (unpaired) electrons. The summed E-state index contributed by atoms with van der Waals surface area (Å²) in [5.41, 5.74) is 0. The quantitative estimate of drug-likeness (QED) is 0.524. The Morgan fingerprint density at radius 3 is 0.944 bits per heavy atom. The van der Waals surface area contributed by atoms with Gasteiger partial charge in [-0.2, -0.15) is 0 Å². The monoisotopic (exact) mass is 336 g/mol. The van der Waals surface area contributed by atoms with Crippen LogP contribution in [0.1, 0.15) is 0 Å². The van der Waals surface area contributed by atoms with Gasteiger partial charge in [-0.25, -0.2) is 4.21 Å². The molecule has 12 heteroatoms. The third-order valence-electron chi connectivity index (χ3n) is 3.02. The van der Waals surface area contributed by atoms with E-state index < -0.39 is 60.8 Å². The minimum atomic E-state index is -6.68. The van der Waals surface area contributed by atoms with Gasteiger partial charge < -0.3 is 9.11 Å². The Morgan fingerprint density at radius 1 is 0.667 bits per heavy atom. The van der Waals surface area contributed by atoms with E-state index in [0.717, 1.165) is 0 Å². The highest BCUT2D eigenvalue weighted by Gasteiger charge is 2.71. The molecule has 0 amide bonds. The second-order valence-electron chi connectivity index (χ2n) is 4.03. The van der Waals surface area contributed by atoms with Crippen molar-refractivity contribution in [2.24, 2.45) is 0 Å². The molecule has 0 bridgehead atoms. The highest BCUT2D eigenvalue weighted by Crippen LogP contribution is 2.41. The van der Waals surface area contributed by atoms with E-state index >= 15 is 0 Å². The number of alkyl halides is 6. The molecule has 0 unspecified atom stereocenters. The standard InChI is InChI=1S/C6H14F6O3SSi2/c7-1-17(2-8,3-9)16(13,14,15)18(4-10,5-11)6-12/h1-6H2,(H2,13,14,15). The minimum Gasteiger partial charge on any atom is -0.317 e. The lowest BCUT2D eigenvalue weighted by atomic mass is 11.7. The average Bonchev–Trinajstić information content (AvgIpc) is 2.33. The Kier molecular flexibility index (Phi) is 5.63. The zero-order valence-corrected chi connectivity index (χ0v) is 12.0. The summed E-state index contributed by atoms with van der Waals surface area (Å²) in [6, 6.07) is 0. The highest BCUT2D eigenvalue weighted by molar-refractivity contribution is 8.57. The molecule has 112 valence electrons. The Hall–Kier alpha value is 0.0838. The lowest BCUT2D eigenvalue weighted by Crippen LogP contribution is -2.80. The van der Waals surface area contributed by atoms with Gasteiger partial charge in [-0.1, -0.05) is 0 Å². The second kappa shape index (κ2) is 5.60. The fourth-order valence-corrected chi connectivity index (χ4v) is 21.3. The fourth-order valence-electron chi connectivity index (χ4n) is 1.26. The Morgan fingerprint density at radius 2 is 0.833 bits per heavy atom. The zero-order valence-electron chi connectivity index (χ0n) is 9.22. The fraction of sp³-hybridized carbons (Fsp3) is 1.00. The van der Waals surface area contributed by atoms with Crippen molar-refractivity contribution >= 4 is 23.0 Å². The van der Waals surface area contributed by atoms with Crippen LogP contribution in [0.5, 0.6) is 0 Å². The summed E-state index contributed by atoms with van der Waals surface area (Å²) >= 11 is 0. The van der Waals surface area contributed by atoms with Crippen LogP contribution in [-0.4, -0.2) is 65.5 Å². The summed E-state index contributed by atoms with van der Waals surface area (Å²) in [4.78, 5) is 0. The summed E-state index contributed by atoms with van der Waals surface area (Å²) < 4.78 is 108. The van der Waals surface area contributed by atoms with Crippen LogP contribution in [-0.2, 0) is 8.53 Å². The van der Waals surface area contributed by atoms with Crippen LogP contribution in [0.3, 0.4) is 0 Å². The van der Waals surface area contributed by atoms with E-state index in [0.29, 0.717) is 0 Å². The van der Waals surface area contributed by atoms with E-state index in [1.165, 1.54) is 0 Å². The third kappa shape index (κ3) is 2.07. The highest BCUT2D eigenvalue weighted by atomic mass is 32.7. The molecule has 0 aliphatic carbocycles. The van der Waals surface area contributed by atoms with Crippen molar-refractivity contribution in [3.05, 3.63) is 0 Å². The number of halogens is 6. The second-order valence-corrected chi connectivity index (χ2v) is 22.9. The Balaban J connectivity index is 6.16. The van der Waals surface area contributed by atoms with Crippen molar-refractivity contribution in [2.75, 3.05) is 37.8 Å². The maximum Gasteiger partial charge on any atom is 0.279 e. The molecule has 0 heterocycles. The van der Waals surface area contributed by atoms with Crippen LogP contribution >= 0.6 is 0 Å². The van der Waals surface area contributed by atoms with Gasteiger partial charge >= 0.3 is 0 Å². The lowest BCUT2D eigenvalue weighted by molar-refractivity contribution is 0.403. The first-order chi connectivity index (χ1) is 8.15. The van der Waals surface area contributed by atoms with Crippen molar-refractivity contribution < 1.29 is 39.7 Å². The molecule has 0 aromatic rings. The van der Waals surface area contributed by atoms with E-state index in [4.69, 9.17) is 0 Å². The van der Waals surface area contributed by atoms with Crippen molar-refractivity contribution in [1.82, 2.24) is 0 Å². The number of hydrogen-bond donors (Lipinski definition) is 2. The van der Waals surface area contributed by atoms with E-state index in [2.05, 4.69) is 0 Å². The van der Waals surface area contributed by atoms with Gasteiger partial charge in [-0.05, 0) is 0 Å². The van der Waals surface area contributed by atoms with Crippen molar-refractivity contribution in [2.45, 2.75) is 0 Å². The normalized spacial score (nSPS) is 16.3. The molecule has 0 aliphatic heterocycles. The first kappa shape index (κ1) is 18.1. The Labute approximate surface area is 101 Å². The average molecular weight is 336 g/mol. The van der Waals surface area contributed by atoms with Crippen LogP contribution in [0, 0.1) is 0 Å². The van der Waals surface area contributed by atoms with Gasteiger partial charge in [0.25, 0.3) is 14.4 Å². The van der Waals surface area contributed by atoms with Gasteiger partial charge in [0.2, 0.25) is 0 Å². The summed E-state index contributed by atoms with van der Waals surface area (Å²) in [5, 5.41) is 0. The van der Waals surface area contributed by atoms with Crippen molar-refractivity contribution in [1.29, 1.82) is 0 Å². The van der Waals surface area contributed by atoms with Gasteiger partial charge in [-0.15, -0.1) is 0 Å². The van der Waals surface area contributed by atoms with E-state index in [1.807, 2.05) is 0 Å². The topological polar surface area (TPSA) is 57.5 Å². The summed E-state index contributed by atoms with van der Waals surface area (Å²) in [5.74, 6) is 0. The van der Waals surface area contributed by atoms with Crippen LogP contribution in [0.2, 0.25) is 0 Å². The van der Waals surface area contributed by atoms with Crippen molar-refractivity contribution in [3.63, 3.8) is 0 Å². The van der Waals surface area contributed by atoms with Crippen LogP contribution in [0.4, 0.5) is 26.3 Å². The van der Waals surface area contributed by atoms with Gasteiger partial charge in [-0.3, -0.25) is 26.3 Å². The summed E-state index contributed by atoms with van der Waals surface area (Å²) in [6.45, 7) is 0. The molecule has 0 saturated heterocycles. The molecule has 18 heavy (non-hydrogen) atoms. The third-order valence-corrected chi connectivity index (χ3v) is 28.2. The molecule has 3 nitrogen and oxygen atoms in total. The van der Waals surface area contributed by atoms with Crippen molar-refractivity contribution in [3.8, 4) is 0 Å². The molecule has 0 rings (SSSR count). The van der Waals surface area contributed by atoms with Crippen LogP contribution in [0.25, 0.3) is 0 Å². The van der Waals surface area contributed by atoms with Gasteiger partial charge in [0, 0.05) is 0 Å². The molecule has 0 atom stereocenters. The Bertz CT molecular complexity index is 300. The molecule has 2 N–H and O–H groups in total. The predicted molar refractivity (Wildman–Crippen MR) is 60.8 cm³/mol. The zero-order chi connectivity index (χ0) is 14.7. The molecular formula is C6H14F6O3SSi2. The summed E-state index contributed by atoms with van der Waals surface area (Å²) in [7, 11) is -17.2. The molecule has 0 aromatic heterocycles. The first-order valence-corrected chi connectivity index (χ1v) is 13.2. The predicted octanol–water partition coefficient (Wildman–Crippen LogP) is 1.70. The number of rotatable bonds is 8. The largest absolute Gasteiger partial charge is 0.317 e. The molecule has 0 aromatic carbocycles. The lowest BCUT2D eigenvalue weighted by Gasteiger charge is -2.51. The molecular weight excluding hydrogens is 322 g/mol. The maximum absolute atomic E-state index is 12.7.